The fraction of sp³-hybridized carbons (Fsp3) is 0.529. The molecule has 2 rings (SSSR count). The smallest absolute Gasteiger partial charge is 0.326 e. The number of ether oxygens (including phenoxy) is 3. The van der Waals surface area contributed by atoms with Crippen LogP contribution in [0.1, 0.15) is 18.4 Å². The molecule has 1 aromatic rings. The molecule has 0 spiro atoms. The highest BCUT2D eigenvalue weighted by Crippen LogP contribution is 2.48. The zero-order valence-electron chi connectivity index (χ0n) is 13.7. The minimum Gasteiger partial charge on any atom is -0.497 e. The molecule has 0 amide bonds. The van der Waals surface area contributed by atoms with Crippen LogP contribution >= 0.6 is 0 Å². The second-order valence-electron chi connectivity index (χ2n) is 5.86. The van der Waals surface area contributed by atoms with Crippen LogP contribution < -0.4 is 10.5 Å². The number of esters is 2. The van der Waals surface area contributed by atoms with E-state index >= 15 is 0 Å². The van der Waals surface area contributed by atoms with Gasteiger partial charge in [0.1, 0.15) is 11.3 Å². The Morgan fingerprint density at radius 2 is 2.00 bits per heavy atom. The van der Waals surface area contributed by atoms with E-state index in [1.54, 1.807) is 7.11 Å². The molecule has 0 aliphatic heterocycles. The van der Waals surface area contributed by atoms with Gasteiger partial charge in [-0.15, -0.1) is 0 Å². The van der Waals surface area contributed by atoms with Gasteiger partial charge in [0.15, 0.2) is 0 Å². The molecule has 1 aliphatic carbocycles. The second kappa shape index (κ2) is 7.00. The molecule has 6 nitrogen and oxygen atoms in total. The molecule has 0 bridgehead atoms. The Kier molecular flexibility index (Phi) is 5.26. The molecule has 0 aromatic heterocycles. The van der Waals surface area contributed by atoms with E-state index in [4.69, 9.17) is 19.9 Å². The maximum Gasteiger partial charge on any atom is 0.326 e. The monoisotopic (exact) mass is 321 g/mol. The Balaban J connectivity index is 2.10. The molecule has 3 atom stereocenters. The van der Waals surface area contributed by atoms with Crippen LogP contribution in [0, 0.1) is 11.8 Å². The summed E-state index contributed by atoms with van der Waals surface area (Å²) in [5.74, 6) is -0.628. The number of benzene rings is 1. The van der Waals surface area contributed by atoms with E-state index < -0.39 is 11.5 Å². The molecular weight excluding hydrogens is 298 g/mol. The van der Waals surface area contributed by atoms with Crippen LogP contribution in [-0.4, -0.2) is 38.8 Å². The molecule has 1 saturated carbocycles. The largest absolute Gasteiger partial charge is 0.497 e. The Morgan fingerprint density at radius 3 is 2.61 bits per heavy atom. The first kappa shape index (κ1) is 17.3. The second-order valence-corrected chi connectivity index (χ2v) is 5.86. The SMILES string of the molecule is COC(=O)[C@H]1C[C@@H]1[C@@](N)(CCc1cccc(OC)c1)C(=O)OC. The number of hydrogen-bond donors (Lipinski definition) is 1. The van der Waals surface area contributed by atoms with Crippen LogP contribution in [0.5, 0.6) is 5.75 Å². The predicted octanol–water partition coefficient (Wildman–Crippen LogP) is 1.31. The van der Waals surface area contributed by atoms with Crippen molar-refractivity contribution in [3.8, 4) is 5.75 Å². The quantitative estimate of drug-likeness (QED) is 0.762. The normalized spacial score (nSPS) is 21.9. The van der Waals surface area contributed by atoms with Crippen molar-refractivity contribution >= 4 is 11.9 Å². The number of aryl methyl sites for hydroxylation is 1. The van der Waals surface area contributed by atoms with Crippen molar-refractivity contribution in [2.24, 2.45) is 17.6 Å². The summed E-state index contributed by atoms with van der Waals surface area (Å²) in [4.78, 5) is 23.8. The minimum atomic E-state index is -1.18. The number of rotatable bonds is 7. The van der Waals surface area contributed by atoms with Gasteiger partial charge in [0.25, 0.3) is 0 Å². The van der Waals surface area contributed by atoms with Gasteiger partial charge in [0.05, 0.1) is 27.2 Å². The summed E-state index contributed by atoms with van der Waals surface area (Å²) in [6.07, 6.45) is 1.54. The van der Waals surface area contributed by atoms with Crippen LogP contribution in [0.25, 0.3) is 0 Å². The van der Waals surface area contributed by atoms with Gasteiger partial charge in [-0.05, 0) is 37.0 Å². The molecule has 126 valence electrons. The third-order valence-corrected chi connectivity index (χ3v) is 4.48. The van der Waals surface area contributed by atoms with Crippen LogP contribution in [0.15, 0.2) is 24.3 Å². The van der Waals surface area contributed by atoms with E-state index in [-0.39, 0.29) is 17.8 Å². The average Bonchev–Trinajstić information content (AvgIpc) is 3.39. The Hall–Kier alpha value is -2.08. The molecule has 0 saturated heterocycles. The molecule has 6 heteroatoms. The molecule has 0 unspecified atom stereocenters. The van der Waals surface area contributed by atoms with Gasteiger partial charge < -0.3 is 19.9 Å². The lowest BCUT2D eigenvalue weighted by atomic mass is 9.86. The first-order chi connectivity index (χ1) is 11.0. The maximum atomic E-state index is 12.2. The number of hydrogen-bond acceptors (Lipinski definition) is 6. The van der Waals surface area contributed by atoms with Crippen molar-refractivity contribution in [3.63, 3.8) is 0 Å². The van der Waals surface area contributed by atoms with Crippen LogP contribution in [-0.2, 0) is 25.5 Å². The predicted molar refractivity (Wildman–Crippen MR) is 83.9 cm³/mol. The lowest BCUT2D eigenvalue weighted by Gasteiger charge is -2.27. The fourth-order valence-corrected chi connectivity index (χ4v) is 2.98. The van der Waals surface area contributed by atoms with E-state index in [0.29, 0.717) is 19.3 Å². The van der Waals surface area contributed by atoms with Crippen molar-refractivity contribution in [1.29, 1.82) is 0 Å². The molecule has 0 heterocycles. The van der Waals surface area contributed by atoms with Crippen molar-refractivity contribution in [2.45, 2.75) is 24.8 Å². The number of carbonyl (C=O) groups is 2. The van der Waals surface area contributed by atoms with Gasteiger partial charge in [-0.1, -0.05) is 12.1 Å². The highest BCUT2D eigenvalue weighted by Gasteiger charge is 2.58. The number of carbonyl (C=O) groups excluding carboxylic acids is 2. The van der Waals surface area contributed by atoms with Gasteiger partial charge in [-0.3, -0.25) is 9.59 Å². The maximum absolute atomic E-state index is 12.2. The summed E-state index contributed by atoms with van der Waals surface area (Å²) in [5.41, 5.74) is 6.17. The molecule has 23 heavy (non-hydrogen) atoms. The van der Waals surface area contributed by atoms with Crippen LogP contribution in [0.2, 0.25) is 0 Å². The molecule has 1 aromatic carbocycles. The Bertz CT molecular complexity index is 588. The van der Waals surface area contributed by atoms with Crippen LogP contribution in [0.3, 0.4) is 0 Å². The van der Waals surface area contributed by atoms with E-state index in [2.05, 4.69) is 0 Å². The van der Waals surface area contributed by atoms with E-state index in [9.17, 15) is 9.59 Å². The lowest BCUT2D eigenvalue weighted by molar-refractivity contribution is -0.149. The average molecular weight is 321 g/mol. The van der Waals surface area contributed by atoms with E-state index in [1.165, 1.54) is 14.2 Å². The number of methoxy groups -OCH3 is 3. The van der Waals surface area contributed by atoms with E-state index in [1.807, 2.05) is 24.3 Å². The molecular formula is C17H23NO5. The molecule has 0 radical (unpaired) electrons. The third-order valence-electron chi connectivity index (χ3n) is 4.48. The summed E-state index contributed by atoms with van der Waals surface area (Å²) in [6.45, 7) is 0. The van der Waals surface area contributed by atoms with Gasteiger partial charge in [0, 0.05) is 5.92 Å². The lowest BCUT2D eigenvalue weighted by Crippen LogP contribution is -2.52. The molecule has 2 N–H and O–H groups in total. The topological polar surface area (TPSA) is 87.9 Å². The summed E-state index contributed by atoms with van der Waals surface area (Å²) in [7, 11) is 4.25. The minimum absolute atomic E-state index is 0.243. The van der Waals surface area contributed by atoms with Crippen molar-refractivity contribution < 1.29 is 23.8 Å². The zero-order chi connectivity index (χ0) is 17.0. The Labute approximate surface area is 135 Å². The highest BCUT2D eigenvalue weighted by molar-refractivity contribution is 5.85. The van der Waals surface area contributed by atoms with Crippen LogP contribution in [0.4, 0.5) is 0 Å². The third kappa shape index (κ3) is 3.64. The first-order valence-corrected chi connectivity index (χ1v) is 7.54. The summed E-state index contributed by atoms with van der Waals surface area (Å²) in [5, 5.41) is 0. The summed E-state index contributed by atoms with van der Waals surface area (Å²) < 4.78 is 14.8. The van der Waals surface area contributed by atoms with Crippen molar-refractivity contribution in [2.75, 3.05) is 21.3 Å². The highest BCUT2D eigenvalue weighted by atomic mass is 16.5. The van der Waals surface area contributed by atoms with Gasteiger partial charge in [-0.25, -0.2) is 0 Å². The van der Waals surface area contributed by atoms with Crippen molar-refractivity contribution in [1.82, 2.24) is 0 Å². The van der Waals surface area contributed by atoms with Gasteiger partial charge in [-0.2, -0.15) is 0 Å². The summed E-state index contributed by atoms with van der Waals surface area (Å²) >= 11 is 0. The fourth-order valence-electron chi connectivity index (χ4n) is 2.98. The van der Waals surface area contributed by atoms with E-state index in [0.717, 1.165) is 11.3 Å². The van der Waals surface area contributed by atoms with Gasteiger partial charge in [0.2, 0.25) is 0 Å². The standard InChI is InChI=1S/C17H23NO5/c1-21-12-6-4-5-11(9-12)7-8-17(18,16(20)23-3)14-10-13(14)15(19)22-2/h4-6,9,13-14H,7-8,10,18H2,1-3H3/t13-,14-,17-/m0/s1. The number of nitrogens with two attached hydrogens (primary N) is 1. The molecule has 1 aliphatic rings. The zero-order valence-corrected chi connectivity index (χ0v) is 13.7. The first-order valence-electron chi connectivity index (χ1n) is 7.54. The molecule has 1 fully saturated rings. The Morgan fingerprint density at radius 1 is 1.26 bits per heavy atom. The van der Waals surface area contributed by atoms with Crippen molar-refractivity contribution in [3.05, 3.63) is 29.8 Å². The summed E-state index contributed by atoms with van der Waals surface area (Å²) in [6, 6.07) is 7.60. The van der Waals surface area contributed by atoms with Gasteiger partial charge >= 0.3 is 11.9 Å².